The van der Waals surface area contributed by atoms with Crippen LogP contribution in [-0.4, -0.2) is 32.6 Å². The van der Waals surface area contributed by atoms with Gasteiger partial charge in [0.25, 0.3) is 11.8 Å². The standard InChI is InChI=1S/C23H22N2O5/c1-28-20-13-10-18(14-21(20)29-2)24-22(26)15-30-19-11-8-17(9-12-19)25-23(27)16-6-4-3-5-7-16/h3-14H,15H2,1-2H3,(H,24,26)(H,25,27). The number of amides is 2. The van der Waals surface area contributed by atoms with Crippen molar-refractivity contribution in [2.45, 2.75) is 0 Å². The Labute approximate surface area is 174 Å². The predicted molar refractivity (Wildman–Crippen MR) is 115 cm³/mol. The van der Waals surface area contributed by atoms with Gasteiger partial charge in [0.2, 0.25) is 0 Å². The Kier molecular flexibility index (Phi) is 6.89. The molecule has 0 aliphatic carbocycles. The lowest BCUT2D eigenvalue weighted by Gasteiger charge is -2.11. The first-order valence-electron chi connectivity index (χ1n) is 9.20. The van der Waals surface area contributed by atoms with Crippen LogP contribution in [0.3, 0.4) is 0 Å². The summed E-state index contributed by atoms with van der Waals surface area (Å²) in [4.78, 5) is 24.3. The van der Waals surface area contributed by atoms with Crippen molar-refractivity contribution < 1.29 is 23.8 Å². The van der Waals surface area contributed by atoms with Crippen molar-refractivity contribution in [3.8, 4) is 17.2 Å². The van der Waals surface area contributed by atoms with Gasteiger partial charge in [-0.25, -0.2) is 0 Å². The molecule has 0 unspecified atom stereocenters. The molecule has 0 aliphatic rings. The molecule has 7 nitrogen and oxygen atoms in total. The van der Waals surface area contributed by atoms with Crippen molar-refractivity contribution in [2.75, 3.05) is 31.5 Å². The quantitative estimate of drug-likeness (QED) is 0.591. The second kappa shape index (κ2) is 9.97. The Balaban J connectivity index is 1.51. The Morgan fingerprint density at radius 3 is 2.10 bits per heavy atom. The molecule has 0 spiro atoms. The van der Waals surface area contributed by atoms with Crippen LogP contribution in [0.1, 0.15) is 10.4 Å². The van der Waals surface area contributed by atoms with Crippen LogP contribution in [0.5, 0.6) is 17.2 Å². The van der Waals surface area contributed by atoms with Crippen molar-refractivity contribution in [3.63, 3.8) is 0 Å². The van der Waals surface area contributed by atoms with Gasteiger partial charge < -0.3 is 24.8 Å². The van der Waals surface area contributed by atoms with E-state index in [1.54, 1.807) is 73.8 Å². The molecule has 3 aromatic carbocycles. The van der Waals surface area contributed by atoms with E-state index in [-0.39, 0.29) is 18.4 Å². The summed E-state index contributed by atoms with van der Waals surface area (Å²) in [7, 11) is 3.07. The summed E-state index contributed by atoms with van der Waals surface area (Å²) in [5.41, 5.74) is 1.77. The molecule has 0 aliphatic heterocycles. The highest BCUT2D eigenvalue weighted by Crippen LogP contribution is 2.29. The van der Waals surface area contributed by atoms with Crippen molar-refractivity contribution in [1.82, 2.24) is 0 Å². The van der Waals surface area contributed by atoms with Crippen molar-refractivity contribution in [1.29, 1.82) is 0 Å². The van der Waals surface area contributed by atoms with Crippen LogP contribution < -0.4 is 24.8 Å². The van der Waals surface area contributed by atoms with Gasteiger partial charge in [-0.15, -0.1) is 0 Å². The van der Waals surface area contributed by atoms with Crippen LogP contribution in [0.2, 0.25) is 0 Å². The molecule has 7 heteroatoms. The smallest absolute Gasteiger partial charge is 0.262 e. The first-order valence-corrected chi connectivity index (χ1v) is 9.20. The zero-order chi connectivity index (χ0) is 21.3. The maximum Gasteiger partial charge on any atom is 0.262 e. The fourth-order valence-electron chi connectivity index (χ4n) is 2.69. The molecular weight excluding hydrogens is 384 g/mol. The van der Waals surface area contributed by atoms with Gasteiger partial charge in [0.15, 0.2) is 18.1 Å². The molecule has 3 aromatic rings. The van der Waals surface area contributed by atoms with Crippen LogP contribution in [0.4, 0.5) is 11.4 Å². The van der Waals surface area contributed by atoms with Gasteiger partial charge in [-0.2, -0.15) is 0 Å². The summed E-state index contributed by atoms with van der Waals surface area (Å²) >= 11 is 0. The Morgan fingerprint density at radius 1 is 0.767 bits per heavy atom. The van der Waals surface area contributed by atoms with Gasteiger partial charge in [-0.3, -0.25) is 9.59 Å². The number of hydrogen-bond acceptors (Lipinski definition) is 5. The first kappa shape index (κ1) is 20.7. The molecule has 2 amide bonds. The van der Waals surface area contributed by atoms with Gasteiger partial charge in [0.05, 0.1) is 14.2 Å². The average Bonchev–Trinajstić information content (AvgIpc) is 2.79. The third-order valence-corrected chi connectivity index (χ3v) is 4.19. The van der Waals surface area contributed by atoms with Crippen LogP contribution in [-0.2, 0) is 4.79 Å². The Hall–Kier alpha value is -4.00. The predicted octanol–water partition coefficient (Wildman–Crippen LogP) is 3.97. The van der Waals surface area contributed by atoms with Crippen LogP contribution in [0.25, 0.3) is 0 Å². The van der Waals surface area contributed by atoms with E-state index in [1.165, 1.54) is 7.11 Å². The molecule has 0 atom stereocenters. The van der Waals surface area contributed by atoms with Crippen molar-refractivity contribution >= 4 is 23.2 Å². The number of carbonyl (C=O) groups excluding carboxylic acids is 2. The number of nitrogens with one attached hydrogen (secondary N) is 2. The molecule has 0 fully saturated rings. The Bertz CT molecular complexity index is 1000. The maximum absolute atomic E-state index is 12.2. The third-order valence-electron chi connectivity index (χ3n) is 4.19. The topological polar surface area (TPSA) is 85.9 Å². The number of methoxy groups -OCH3 is 2. The number of carbonyl (C=O) groups is 2. The lowest BCUT2D eigenvalue weighted by atomic mass is 10.2. The van der Waals surface area contributed by atoms with E-state index in [1.807, 2.05) is 6.07 Å². The first-order chi connectivity index (χ1) is 14.6. The summed E-state index contributed by atoms with van der Waals surface area (Å²) in [6, 6.07) is 20.8. The normalized spacial score (nSPS) is 10.1. The number of hydrogen-bond donors (Lipinski definition) is 2. The fourth-order valence-corrected chi connectivity index (χ4v) is 2.69. The lowest BCUT2D eigenvalue weighted by Crippen LogP contribution is -2.20. The van der Waals surface area contributed by atoms with Gasteiger partial charge >= 0.3 is 0 Å². The summed E-state index contributed by atoms with van der Waals surface area (Å²) in [6.07, 6.45) is 0. The Morgan fingerprint density at radius 2 is 1.43 bits per heavy atom. The molecule has 0 bridgehead atoms. The monoisotopic (exact) mass is 406 g/mol. The van der Waals surface area contributed by atoms with Crippen LogP contribution >= 0.6 is 0 Å². The average molecular weight is 406 g/mol. The van der Waals surface area contributed by atoms with Gasteiger partial charge in [0.1, 0.15) is 5.75 Å². The van der Waals surface area contributed by atoms with Gasteiger partial charge in [0, 0.05) is 23.0 Å². The molecule has 0 aromatic heterocycles. The lowest BCUT2D eigenvalue weighted by molar-refractivity contribution is -0.118. The van der Waals surface area contributed by atoms with Crippen LogP contribution in [0.15, 0.2) is 72.8 Å². The highest BCUT2D eigenvalue weighted by atomic mass is 16.5. The molecule has 3 rings (SSSR count). The van der Waals surface area contributed by atoms with E-state index in [4.69, 9.17) is 14.2 Å². The minimum atomic E-state index is -0.316. The number of rotatable bonds is 8. The molecule has 0 radical (unpaired) electrons. The van der Waals surface area contributed by atoms with E-state index < -0.39 is 0 Å². The molecule has 2 N–H and O–H groups in total. The van der Waals surface area contributed by atoms with Crippen molar-refractivity contribution in [2.24, 2.45) is 0 Å². The molecule has 0 saturated heterocycles. The number of benzene rings is 3. The highest BCUT2D eigenvalue weighted by molar-refractivity contribution is 6.04. The highest BCUT2D eigenvalue weighted by Gasteiger charge is 2.09. The van der Waals surface area contributed by atoms with Crippen molar-refractivity contribution in [3.05, 3.63) is 78.4 Å². The minimum absolute atomic E-state index is 0.163. The van der Waals surface area contributed by atoms with E-state index in [9.17, 15) is 9.59 Å². The zero-order valence-corrected chi connectivity index (χ0v) is 16.7. The largest absolute Gasteiger partial charge is 0.493 e. The number of ether oxygens (including phenoxy) is 3. The summed E-state index contributed by atoms with van der Waals surface area (Å²) in [5.74, 6) is 1.09. The van der Waals surface area contributed by atoms with Gasteiger partial charge in [-0.05, 0) is 48.5 Å². The molecule has 0 heterocycles. The maximum atomic E-state index is 12.2. The summed E-state index contributed by atoms with van der Waals surface area (Å²) < 4.78 is 15.9. The fraction of sp³-hybridized carbons (Fsp3) is 0.130. The zero-order valence-electron chi connectivity index (χ0n) is 16.7. The molecule has 30 heavy (non-hydrogen) atoms. The van der Waals surface area contributed by atoms with Crippen LogP contribution in [0, 0.1) is 0 Å². The molecule has 154 valence electrons. The number of anilines is 2. The summed E-state index contributed by atoms with van der Waals surface area (Å²) in [6.45, 7) is -0.163. The SMILES string of the molecule is COc1ccc(NC(=O)COc2ccc(NC(=O)c3ccccc3)cc2)cc1OC. The molecule has 0 saturated carbocycles. The molecular formula is C23H22N2O5. The van der Waals surface area contributed by atoms with Gasteiger partial charge in [-0.1, -0.05) is 18.2 Å². The summed E-state index contributed by atoms with van der Waals surface area (Å²) in [5, 5.41) is 5.54. The second-order valence-electron chi connectivity index (χ2n) is 6.25. The second-order valence-corrected chi connectivity index (χ2v) is 6.25. The van der Waals surface area contributed by atoms with E-state index in [0.29, 0.717) is 34.2 Å². The van der Waals surface area contributed by atoms with E-state index in [0.717, 1.165) is 0 Å². The minimum Gasteiger partial charge on any atom is -0.493 e. The van der Waals surface area contributed by atoms with E-state index >= 15 is 0 Å². The third kappa shape index (κ3) is 5.51. The van der Waals surface area contributed by atoms with E-state index in [2.05, 4.69) is 10.6 Å².